The maximum absolute atomic E-state index is 13.0. The Morgan fingerprint density at radius 1 is 1.10 bits per heavy atom. The van der Waals surface area contributed by atoms with E-state index in [1.54, 1.807) is 19.1 Å². The molecule has 1 heterocycles. The molecule has 1 atom stereocenters. The van der Waals surface area contributed by atoms with Gasteiger partial charge in [0, 0.05) is 16.7 Å². The topological polar surface area (TPSA) is 77.1 Å². The van der Waals surface area contributed by atoms with E-state index in [4.69, 9.17) is 14.2 Å². The summed E-state index contributed by atoms with van der Waals surface area (Å²) in [5, 5.41) is 2.90. The fourth-order valence-electron chi connectivity index (χ4n) is 3.46. The summed E-state index contributed by atoms with van der Waals surface area (Å²) in [6.45, 7) is 0.465. The molecule has 8 heteroatoms. The van der Waals surface area contributed by atoms with Crippen LogP contribution in [-0.4, -0.2) is 44.8 Å². The number of anilines is 1. The van der Waals surface area contributed by atoms with E-state index < -0.39 is 6.04 Å². The number of fused-ring (bicyclic) bond motifs is 1. The maximum Gasteiger partial charge on any atom is 0.322 e. The monoisotopic (exact) mass is 462 g/mol. The number of rotatable bonds is 5. The van der Waals surface area contributed by atoms with Crippen LogP contribution in [0.3, 0.4) is 0 Å². The lowest BCUT2D eigenvalue weighted by Crippen LogP contribution is -2.43. The third-order valence-electron chi connectivity index (χ3n) is 4.95. The summed E-state index contributed by atoms with van der Waals surface area (Å²) in [6.07, 6.45) is 0.688. The SMILES string of the molecule is COC(=O)CC1c2cc(OC)c(OC)cc2CCN1C(=O)Nc1ccc(Br)cc1. The van der Waals surface area contributed by atoms with Gasteiger partial charge in [0.2, 0.25) is 0 Å². The van der Waals surface area contributed by atoms with Crippen molar-refractivity contribution in [1.82, 2.24) is 4.90 Å². The van der Waals surface area contributed by atoms with Crippen molar-refractivity contribution in [3.8, 4) is 11.5 Å². The van der Waals surface area contributed by atoms with Crippen LogP contribution in [-0.2, 0) is 16.0 Å². The number of hydrogen-bond donors (Lipinski definition) is 1. The molecule has 0 aliphatic carbocycles. The molecule has 0 saturated carbocycles. The van der Waals surface area contributed by atoms with Crippen LogP contribution in [0.25, 0.3) is 0 Å². The normalized spacial score (nSPS) is 15.3. The molecule has 1 unspecified atom stereocenters. The molecule has 2 aromatic carbocycles. The molecule has 7 nitrogen and oxygen atoms in total. The minimum atomic E-state index is -0.471. The molecule has 3 rings (SSSR count). The molecule has 29 heavy (non-hydrogen) atoms. The smallest absolute Gasteiger partial charge is 0.322 e. The van der Waals surface area contributed by atoms with Crippen molar-refractivity contribution in [3.05, 3.63) is 52.0 Å². The predicted octanol–water partition coefficient (Wildman–Crippen LogP) is 4.16. The van der Waals surface area contributed by atoms with Crippen LogP contribution in [0, 0.1) is 0 Å². The molecule has 0 bridgehead atoms. The zero-order valence-corrected chi connectivity index (χ0v) is 18.1. The van der Waals surface area contributed by atoms with Crippen molar-refractivity contribution >= 4 is 33.6 Å². The second kappa shape index (κ2) is 9.17. The molecule has 1 aliphatic heterocycles. The van der Waals surface area contributed by atoms with Crippen LogP contribution in [0.1, 0.15) is 23.6 Å². The van der Waals surface area contributed by atoms with E-state index in [1.807, 2.05) is 36.4 Å². The van der Waals surface area contributed by atoms with E-state index in [2.05, 4.69) is 21.2 Å². The number of nitrogens with zero attached hydrogens (tertiary/aromatic N) is 1. The summed E-state index contributed by atoms with van der Waals surface area (Å²) >= 11 is 3.38. The summed E-state index contributed by atoms with van der Waals surface area (Å²) in [5.41, 5.74) is 2.54. The number of nitrogens with one attached hydrogen (secondary N) is 1. The lowest BCUT2D eigenvalue weighted by molar-refractivity contribution is -0.141. The number of carbonyl (C=O) groups excluding carboxylic acids is 2. The highest BCUT2D eigenvalue weighted by atomic mass is 79.9. The summed E-state index contributed by atoms with van der Waals surface area (Å²) in [6, 6.07) is 10.3. The van der Waals surface area contributed by atoms with Crippen molar-refractivity contribution in [2.75, 3.05) is 33.2 Å². The van der Waals surface area contributed by atoms with Gasteiger partial charge in [-0.1, -0.05) is 15.9 Å². The van der Waals surface area contributed by atoms with E-state index in [0.29, 0.717) is 30.2 Å². The number of esters is 1. The number of hydrogen-bond acceptors (Lipinski definition) is 5. The summed E-state index contributed by atoms with van der Waals surface area (Å²) in [4.78, 5) is 26.8. The molecule has 0 aromatic heterocycles. The molecular weight excluding hydrogens is 440 g/mol. The Morgan fingerprint density at radius 3 is 2.38 bits per heavy atom. The van der Waals surface area contributed by atoms with Crippen molar-refractivity contribution in [2.45, 2.75) is 18.9 Å². The number of benzene rings is 2. The average Bonchev–Trinajstić information content (AvgIpc) is 2.74. The third kappa shape index (κ3) is 4.64. The van der Waals surface area contributed by atoms with Gasteiger partial charge in [-0.25, -0.2) is 4.79 Å². The number of ether oxygens (including phenoxy) is 3. The third-order valence-corrected chi connectivity index (χ3v) is 5.48. The first-order valence-corrected chi connectivity index (χ1v) is 9.91. The fraction of sp³-hybridized carbons (Fsp3) is 0.333. The molecule has 0 fully saturated rings. The zero-order chi connectivity index (χ0) is 21.0. The molecule has 1 aliphatic rings. The van der Waals surface area contributed by atoms with Gasteiger partial charge >= 0.3 is 12.0 Å². The van der Waals surface area contributed by atoms with Gasteiger partial charge in [-0.15, -0.1) is 0 Å². The Kier molecular flexibility index (Phi) is 6.64. The molecule has 0 spiro atoms. The van der Waals surface area contributed by atoms with Crippen LogP contribution in [0.4, 0.5) is 10.5 Å². The van der Waals surface area contributed by atoms with Crippen LogP contribution in [0.15, 0.2) is 40.9 Å². The van der Waals surface area contributed by atoms with Crippen LogP contribution < -0.4 is 14.8 Å². The number of methoxy groups -OCH3 is 3. The van der Waals surface area contributed by atoms with Crippen molar-refractivity contribution in [3.63, 3.8) is 0 Å². The first-order chi connectivity index (χ1) is 14.0. The minimum Gasteiger partial charge on any atom is -0.493 e. The van der Waals surface area contributed by atoms with Gasteiger partial charge in [-0.2, -0.15) is 0 Å². The van der Waals surface area contributed by atoms with Gasteiger partial charge in [0.25, 0.3) is 0 Å². The van der Waals surface area contributed by atoms with E-state index in [0.717, 1.165) is 15.6 Å². The van der Waals surface area contributed by atoms with Crippen molar-refractivity contribution in [2.24, 2.45) is 0 Å². The average molecular weight is 463 g/mol. The fourth-order valence-corrected chi connectivity index (χ4v) is 3.73. The quantitative estimate of drug-likeness (QED) is 0.674. The standard InChI is InChI=1S/C21H23BrN2O5/c1-27-18-10-13-8-9-24(21(26)23-15-6-4-14(22)5-7-15)17(12-20(25)29-3)16(13)11-19(18)28-2/h4-7,10-11,17H,8-9,12H2,1-3H3,(H,23,26). The number of urea groups is 1. The van der Waals surface area contributed by atoms with Crippen LogP contribution in [0.2, 0.25) is 0 Å². The Hall–Kier alpha value is -2.74. The molecule has 2 amide bonds. The Labute approximate surface area is 178 Å². The predicted molar refractivity (Wildman–Crippen MR) is 112 cm³/mol. The lowest BCUT2D eigenvalue weighted by atomic mass is 9.90. The first kappa shape index (κ1) is 21.0. The van der Waals surface area contributed by atoms with Crippen molar-refractivity contribution in [1.29, 1.82) is 0 Å². The molecule has 2 aromatic rings. The van der Waals surface area contributed by atoms with Gasteiger partial charge < -0.3 is 24.4 Å². The van der Waals surface area contributed by atoms with Gasteiger partial charge in [-0.3, -0.25) is 4.79 Å². The van der Waals surface area contributed by atoms with Gasteiger partial charge in [-0.05, 0) is 53.9 Å². The first-order valence-electron chi connectivity index (χ1n) is 9.11. The van der Waals surface area contributed by atoms with E-state index in [1.165, 1.54) is 7.11 Å². The maximum atomic E-state index is 13.0. The Balaban J connectivity index is 1.93. The summed E-state index contributed by atoms with van der Waals surface area (Å²) in [7, 11) is 4.48. The molecule has 1 N–H and O–H groups in total. The van der Waals surface area contributed by atoms with E-state index in [-0.39, 0.29) is 18.4 Å². The second-order valence-corrected chi connectivity index (χ2v) is 7.50. The van der Waals surface area contributed by atoms with Gasteiger partial charge in [0.05, 0.1) is 33.8 Å². The molecule has 154 valence electrons. The number of halogens is 1. The molecule has 0 saturated heterocycles. The van der Waals surface area contributed by atoms with Gasteiger partial charge in [0.15, 0.2) is 11.5 Å². The summed E-state index contributed by atoms with van der Waals surface area (Å²) < 4.78 is 16.6. The van der Waals surface area contributed by atoms with E-state index in [9.17, 15) is 9.59 Å². The van der Waals surface area contributed by atoms with Crippen molar-refractivity contribution < 1.29 is 23.8 Å². The van der Waals surface area contributed by atoms with Gasteiger partial charge in [0.1, 0.15) is 0 Å². The highest BCUT2D eigenvalue weighted by Crippen LogP contribution is 2.39. The number of amides is 2. The number of carbonyl (C=O) groups is 2. The largest absolute Gasteiger partial charge is 0.493 e. The Bertz CT molecular complexity index is 901. The van der Waals surface area contributed by atoms with E-state index >= 15 is 0 Å². The Morgan fingerprint density at radius 2 is 1.76 bits per heavy atom. The highest BCUT2D eigenvalue weighted by Gasteiger charge is 2.34. The van der Waals surface area contributed by atoms with Crippen LogP contribution in [0.5, 0.6) is 11.5 Å². The minimum absolute atomic E-state index is 0.0484. The lowest BCUT2D eigenvalue weighted by Gasteiger charge is -2.37. The summed E-state index contributed by atoms with van der Waals surface area (Å²) in [5.74, 6) is 0.784. The molecule has 0 radical (unpaired) electrons. The second-order valence-electron chi connectivity index (χ2n) is 6.58. The zero-order valence-electron chi connectivity index (χ0n) is 16.5. The molecular formula is C21H23BrN2O5. The van der Waals surface area contributed by atoms with Crippen LogP contribution >= 0.6 is 15.9 Å². The highest BCUT2D eigenvalue weighted by molar-refractivity contribution is 9.10.